The van der Waals surface area contributed by atoms with E-state index in [4.69, 9.17) is 14.2 Å². The first-order valence-electron chi connectivity index (χ1n) is 11.7. The minimum Gasteiger partial charge on any atom is -0.468 e. The number of hydrogen-bond acceptors (Lipinski definition) is 7. The van der Waals surface area contributed by atoms with Gasteiger partial charge >= 0.3 is 5.97 Å². The SMILES string of the molecule is Cc1c(C(=O)Nc2ccc(OCOCC[Si](C)(C)C)cc2)cc(OC(=O)c2ccc([N+](=O)[O-])cc2)n1C. The van der Waals surface area contributed by atoms with Crippen molar-refractivity contribution in [2.45, 2.75) is 32.6 Å². The van der Waals surface area contributed by atoms with Crippen LogP contribution in [0.4, 0.5) is 11.4 Å². The molecule has 0 fully saturated rings. The first kappa shape index (κ1) is 27.6. The number of nitro benzene ring substituents is 1. The molecule has 0 spiro atoms. The van der Waals surface area contributed by atoms with Crippen molar-refractivity contribution < 1.29 is 28.7 Å². The molecule has 3 aromatic rings. The minimum absolute atomic E-state index is 0.129. The maximum atomic E-state index is 12.9. The van der Waals surface area contributed by atoms with E-state index in [2.05, 4.69) is 25.0 Å². The van der Waals surface area contributed by atoms with E-state index in [1.54, 1.807) is 42.8 Å². The lowest BCUT2D eigenvalue weighted by Crippen LogP contribution is -2.22. The van der Waals surface area contributed by atoms with Crippen molar-refractivity contribution in [3.63, 3.8) is 0 Å². The number of rotatable bonds is 11. The fraction of sp³-hybridized carbons (Fsp3) is 0.308. The fourth-order valence-corrected chi connectivity index (χ4v) is 4.01. The Balaban J connectivity index is 1.58. The number of nitrogens with zero attached hydrogens (tertiary/aromatic N) is 2. The van der Waals surface area contributed by atoms with Crippen molar-refractivity contribution >= 4 is 31.3 Å². The molecule has 11 heteroatoms. The van der Waals surface area contributed by atoms with Gasteiger partial charge < -0.3 is 24.1 Å². The molecule has 0 bridgehead atoms. The fourth-order valence-electron chi connectivity index (χ4n) is 3.25. The van der Waals surface area contributed by atoms with Gasteiger partial charge in [0.2, 0.25) is 5.88 Å². The Morgan fingerprint density at radius 1 is 1.05 bits per heavy atom. The Kier molecular flexibility index (Phi) is 8.84. The van der Waals surface area contributed by atoms with Gasteiger partial charge in [-0.1, -0.05) is 19.6 Å². The minimum atomic E-state index is -1.14. The predicted octanol–water partition coefficient (Wildman–Crippen LogP) is 5.40. The maximum Gasteiger partial charge on any atom is 0.344 e. The summed E-state index contributed by atoms with van der Waals surface area (Å²) in [7, 11) is 0.529. The lowest BCUT2D eigenvalue weighted by molar-refractivity contribution is -0.384. The summed E-state index contributed by atoms with van der Waals surface area (Å²) in [6.45, 7) is 9.44. The molecule has 0 aliphatic carbocycles. The quantitative estimate of drug-likeness (QED) is 0.0887. The van der Waals surface area contributed by atoms with Crippen molar-refractivity contribution in [3.05, 3.63) is 81.5 Å². The predicted molar refractivity (Wildman–Crippen MR) is 142 cm³/mol. The van der Waals surface area contributed by atoms with Gasteiger partial charge in [0.15, 0.2) is 6.79 Å². The monoisotopic (exact) mass is 525 g/mol. The molecule has 196 valence electrons. The van der Waals surface area contributed by atoms with Crippen molar-refractivity contribution in [1.29, 1.82) is 0 Å². The van der Waals surface area contributed by atoms with E-state index in [9.17, 15) is 19.7 Å². The van der Waals surface area contributed by atoms with Crippen LogP contribution in [0.5, 0.6) is 11.6 Å². The first-order chi connectivity index (χ1) is 17.4. The van der Waals surface area contributed by atoms with Crippen molar-refractivity contribution in [2.75, 3.05) is 18.7 Å². The van der Waals surface area contributed by atoms with Gasteiger partial charge in [0.1, 0.15) is 5.75 Å². The summed E-state index contributed by atoms with van der Waals surface area (Å²) in [6, 6.07) is 14.6. The van der Waals surface area contributed by atoms with Gasteiger partial charge in [-0.2, -0.15) is 0 Å². The number of carbonyl (C=O) groups is 2. The number of benzene rings is 2. The molecule has 37 heavy (non-hydrogen) atoms. The van der Waals surface area contributed by atoms with Crippen LogP contribution in [0.2, 0.25) is 25.7 Å². The molecule has 2 aromatic carbocycles. The molecule has 0 aliphatic heterocycles. The Morgan fingerprint density at radius 2 is 1.70 bits per heavy atom. The zero-order valence-corrected chi connectivity index (χ0v) is 22.6. The summed E-state index contributed by atoms with van der Waals surface area (Å²) < 4.78 is 18.1. The van der Waals surface area contributed by atoms with Gasteiger partial charge in [0.05, 0.1) is 16.1 Å². The Bertz CT molecular complexity index is 1260. The van der Waals surface area contributed by atoms with Crippen LogP contribution < -0.4 is 14.8 Å². The van der Waals surface area contributed by atoms with Crippen LogP contribution in [0.1, 0.15) is 26.4 Å². The number of nitro groups is 1. The maximum absolute atomic E-state index is 12.9. The first-order valence-corrected chi connectivity index (χ1v) is 15.4. The standard InChI is InChI=1S/C26H31N3O7Si/c1-18-23(16-24(28(18)2)36-26(31)19-6-10-21(11-7-19)29(32)33)25(30)27-20-8-12-22(13-9-20)35-17-34-14-15-37(3,4)5/h6-13,16H,14-15,17H2,1-5H3,(H,27,30). The number of esters is 1. The number of aromatic nitrogens is 1. The second-order valence-electron chi connectivity index (χ2n) is 9.69. The van der Waals surface area contributed by atoms with Crippen LogP contribution in [0.25, 0.3) is 0 Å². The largest absolute Gasteiger partial charge is 0.468 e. The van der Waals surface area contributed by atoms with E-state index < -0.39 is 19.0 Å². The molecule has 10 nitrogen and oxygen atoms in total. The van der Waals surface area contributed by atoms with Crippen LogP contribution in [0, 0.1) is 17.0 Å². The van der Waals surface area contributed by atoms with Gasteiger partial charge in [-0.05, 0) is 49.4 Å². The molecule has 0 aliphatic rings. The number of nitrogens with one attached hydrogen (secondary N) is 1. The summed E-state index contributed by atoms with van der Waals surface area (Å²) in [5.41, 5.74) is 1.53. The average Bonchev–Trinajstić information content (AvgIpc) is 3.12. The molecule has 1 N–H and O–H groups in total. The van der Waals surface area contributed by atoms with Gasteiger partial charge in [-0.15, -0.1) is 0 Å². The van der Waals surface area contributed by atoms with E-state index in [1.165, 1.54) is 30.3 Å². The van der Waals surface area contributed by atoms with E-state index in [0.29, 0.717) is 29.3 Å². The van der Waals surface area contributed by atoms with Gasteiger partial charge in [0.25, 0.3) is 11.6 Å². The summed E-state index contributed by atoms with van der Waals surface area (Å²) >= 11 is 0. The third kappa shape index (κ3) is 7.76. The van der Waals surface area contributed by atoms with Crippen molar-refractivity contribution in [2.24, 2.45) is 7.05 Å². The highest BCUT2D eigenvalue weighted by atomic mass is 28.3. The third-order valence-corrected chi connectivity index (χ3v) is 7.37. The average molecular weight is 526 g/mol. The highest BCUT2D eigenvalue weighted by Gasteiger charge is 2.20. The molecule has 1 aromatic heterocycles. The molecule has 0 saturated carbocycles. The molecule has 1 amide bonds. The summed E-state index contributed by atoms with van der Waals surface area (Å²) in [6.07, 6.45) is 0. The zero-order chi connectivity index (χ0) is 27.2. The zero-order valence-electron chi connectivity index (χ0n) is 21.6. The lowest BCUT2D eigenvalue weighted by Gasteiger charge is -2.15. The Labute approximate surface area is 216 Å². The highest BCUT2D eigenvalue weighted by molar-refractivity contribution is 6.76. The molecule has 3 rings (SSSR count). The normalized spacial score (nSPS) is 11.2. The van der Waals surface area contributed by atoms with Gasteiger partial charge in [-0.25, -0.2) is 4.79 Å². The Hall–Kier alpha value is -3.96. The number of hydrogen-bond donors (Lipinski definition) is 1. The second kappa shape index (κ2) is 11.8. The van der Waals surface area contributed by atoms with Crippen LogP contribution in [-0.4, -0.2) is 42.8 Å². The van der Waals surface area contributed by atoms with Crippen LogP contribution in [0.3, 0.4) is 0 Å². The second-order valence-corrected chi connectivity index (χ2v) is 15.3. The van der Waals surface area contributed by atoms with E-state index in [-0.39, 0.29) is 29.8 Å². The number of amides is 1. The third-order valence-electron chi connectivity index (χ3n) is 5.66. The van der Waals surface area contributed by atoms with Crippen molar-refractivity contribution in [3.8, 4) is 11.6 Å². The van der Waals surface area contributed by atoms with E-state index >= 15 is 0 Å². The molecule has 1 heterocycles. The van der Waals surface area contributed by atoms with E-state index in [1.807, 2.05) is 0 Å². The van der Waals surface area contributed by atoms with Gasteiger partial charge in [0, 0.05) is 51.3 Å². The number of ether oxygens (including phenoxy) is 3. The summed E-state index contributed by atoms with van der Waals surface area (Å²) in [4.78, 5) is 35.6. The number of anilines is 1. The molecule has 0 radical (unpaired) electrons. The molecule has 0 atom stereocenters. The number of carbonyl (C=O) groups excluding carboxylic acids is 2. The molecular weight excluding hydrogens is 494 g/mol. The van der Waals surface area contributed by atoms with Gasteiger partial charge in [-0.3, -0.25) is 14.9 Å². The van der Waals surface area contributed by atoms with Crippen LogP contribution >= 0.6 is 0 Å². The van der Waals surface area contributed by atoms with Crippen LogP contribution in [0.15, 0.2) is 54.6 Å². The van der Waals surface area contributed by atoms with E-state index in [0.717, 1.165) is 6.04 Å². The molecule has 0 saturated heterocycles. The number of non-ortho nitro benzene ring substituents is 1. The highest BCUT2D eigenvalue weighted by Crippen LogP contribution is 2.24. The van der Waals surface area contributed by atoms with Crippen LogP contribution in [-0.2, 0) is 11.8 Å². The lowest BCUT2D eigenvalue weighted by atomic mass is 10.2. The molecule has 0 unspecified atom stereocenters. The topological polar surface area (TPSA) is 122 Å². The van der Waals surface area contributed by atoms with Crippen molar-refractivity contribution in [1.82, 2.24) is 4.57 Å². The molecular formula is C26H31N3O7Si. The Morgan fingerprint density at radius 3 is 2.30 bits per heavy atom. The summed E-state index contributed by atoms with van der Waals surface area (Å²) in [5.74, 6) is -0.261. The summed E-state index contributed by atoms with van der Waals surface area (Å²) in [5, 5.41) is 13.6. The smallest absolute Gasteiger partial charge is 0.344 e.